The van der Waals surface area contributed by atoms with Crippen LogP contribution in [0.25, 0.3) is 0 Å². The predicted molar refractivity (Wildman–Crippen MR) is 64.2 cm³/mol. The molecule has 0 unspecified atom stereocenters. The third-order valence-corrected chi connectivity index (χ3v) is 4.52. The number of likely N-dealkylation sites (N-methyl/N-ethyl adjacent to an activating group) is 1. The number of hydrogen-bond acceptors (Lipinski definition) is 6. The first-order chi connectivity index (χ1) is 8.21. The molecule has 9 heteroatoms. The summed E-state index contributed by atoms with van der Waals surface area (Å²) in [5.74, 6) is -0.743. The number of esters is 1. The number of carbonyl (C=O) groups excluding carboxylic acids is 1. The molecule has 0 fully saturated rings. The highest BCUT2D eigenvalue weighted by Crippen LogP contribution is 2.24. The number of methoxy groups -OCH3 is 1. The van der Waals surface area contributed by atoms with Crippen molar-refractivity contribution >= 4 is 21.8 Å². The Kier molecular flexibility index (Phi) is 3.97. The fourth-order valence-electron chi connectivity index (χ4n) is 1.42. The number of rotatable bonds is 4. The maximum absolute atomic E-state index is 12.2. The molecule has 1 aromatic heterocycles. The molecule has 1 rings (SSSR count). The Labute approximate surface area is 105 Å². The van der Waals surface area contributed by atoms with Crippen molar-refractivity contribution in [3.8, 4) is 0 Å². The number of aryl methyl sites for hydroxylation is 1. The summed E-state index contributed by atoms with van der Waals surface area (Å²) in [6.07, 6.45) is 0. The van der Waals surface area contributed by atoms with Crippen LogP contribution in [0, 0.1) is 6.92 Å². The Morgan fingerprint density at radius 2 is 2.11 bits per heavy atom. The van der Waals surface area contributed by atoms with Crippen LogP contribution in [0.5, 0.6) is 0 Å². The van der Waals surface area contributed by atoms with Gasteiger partial charge in [-0.25, -0.2) is 8.42 Å². The highest BCUT2D eigenvalue weighted by Gasteiger charge is 2.30. The molecule has 0 aliphatic carbocycles. The number of hydrogen-bond donors (Lipinski definition) is 1. The summed E-state index contributed by atoms with van der Waals surface area (Å²) in [6, 6.07) is 0. The van der Waals surface area contributed by atoms with Crippen molar-refractivity contribution < 1.29 is 17.9 Å². The topological polar surface area (TPSA) is 108 Å². The van der Waals surface area contributed by atoms with Crippen LogP contribution in [0.1, 0.15) is 5.69 Å². The van der Waals surface area contributed by atoms with Crippen LogP contribution in [0.15, 0.2) is 4.90 Å². The predicted octanol–water partition coefficient (Wildman–Crippen LogP) is -0.896. The molecular formula is C9H16N4O4S. The minimum Gasteiger partial charge on any atom is -0.468 e. The Bertz CT molecular complexity index is 563. The highest BCUT2D eigenvalue weighted by molar-refractivity contribution is 7.89. The molecule has 8 nitrogen and oxygen atoms in total. The van der Waals surface area contributed by atoms with Crippen molar-refractivity contribution in [2.24, 2.45) is 7.05 Å². The van der Waals surface area contributed by atoms with Gasteiger partial charge in [-0.1, -0.05) is 0 Å². The molecule has 0 saturated carbocycles. The first kappa shape index (κ1) is 14.5. The van der Waals surface area contributed by atoms with Gasteiger partial charge in [0.25, 0.3) is 0 Å². The van der Waals surface area contributed by atoms with Gasteiger partial charge in [0, 0.05) is 14.1 Å². The number of nitrogen functional groups attached to an aromatic ring is 1. The van der Waals surface area contributed by atoms with E-state index in [1.165, 1.54) is 18.8 Å². The largest absolute Gasteiger partial charge is 0.468 e. The average molecular weight is 276 g/mol. The van der Waals surface area contributed by atoms with Crippen molar-refractivity contribution in [2.75, 3.05) is 26.4 Å². The molecule has 0 spiro atoms. The van der Waals surface area contributed by atoms with Crippen molar-refractivity contribution in [1.82, 2.24) is 14.1 Å². The van der Waals surface area contributed by atoms with Crippen LogP contribution in [-0.2, 0) is 26.6 Å². The summed E-state index contributed by atoms with van der Waals surface area (Å²) in [7, 11) is 0.191. The first-order valence-electron chi connectivity index (χ1n) is 5.04. The summed E-state index contributed by atoms with van der Waals surface area (Å²) in [5, 5.41) is 3.83. The Balaban J connectivity index is 3.17. The molecule has 1 heterocycles. The summed E-state index contributed by atoms with van der Waals surface area (Å²) in [6.45, 7) is 1.20. The van der Waals surface area contributed by atoms with Gasteiger partial charge >= 0.3 is 5.97 Å². The standard InChI is InChI=1S/C9H16N4O4S/c1-6-8(9(10)11-13(6)3)18(15,16)12(2)5-7(14)17-4/h5H2,1-4H3,(H2,10,11). The molecule has 0 amide bonds. The van der Waals surface area contributed by atoms with E-state index in [9.17, 15) is 13.2 Å². The zero-order valence-corrected chi connectivity index (χ0v) is 11.5. The van der Waals surface area contributed by atoms with Gasteiger partial charge in [-0.2, -0.15) is 9.40 Å². The zero-order chi connectivity index (χ0) is 14.1. The molecular weight excluding hydrogens is 260 g/mol. The lowest BCUT2D eigenvalue weighted by Crippen LogP contribution is -2.33. The average Bonchev–Trinajstić information content (AvgIpc) is 2.52. The van der Waals surface area contributed by atoms with Crippen molar-refractivity contribution in [3.05, 3.63) is 5.69 Å². The van der Waals surface area contributed by atoms with E-state index < -0.39 is 16.0 Å². The van der Waals surface area contributed by atoms with Gasteiger partial charge in [0.2, 0.25) is 10.0 Å². The fraction of sp³-hybridized carbons (Fsp3) is 0.556. The van der Waals surface area contributed by atoms with Crippen LogP contribution < -0.4 is 5.73 Å². The van der Waals surface area contributed by atoms with Crippen LogP contribution in [0.3, 0.4) is 0 Å². The monoisotopic (exact) mass is 276 g/mol. The molecule has 0 bridgehead atoms. The second-order valence-electron chi connectivity index (χ2n) is 3.76. The normalized spacial score (nSPS) is 11.8. The lowest BCUT2D eigenvalue weighted by molar-refractivity contribution is -0.140. The summed E-state index contributed by atoms with van der Waals surface area (Å²) in [4.78, 5) is 11.0. The van der Waals surface area contributed by atoms with Crippen LogP contribution >= 0.6 is 0 Å². The maximum atomic E-state index is 12.2. The van der Waals surface area contributed by atoms with E-state index in [2.05, 4.69) is 9.84 Å². The number of nitrogens with two attached hydrogens (primary N) is 1. The molecule has 0 radical (unpaired) electrons. The summed E-state index contributed by atoms with van der Waals surface area (Å²) >= 11 is 0. The number of nitrogens with zero attached hydrogens (tertiary/aromatic N) is 3. The van der Waals surface area contributed by atoms with Gasteiger partial charge in [0.15, 0.2) is 5.82 Å². The van der Waals surface area contributed by atoms with Gasteiger partial charge in [-0.3, -0.25) is 9.48 Å². The minimum absolute atomic E-state index is 0.0867. The molecule has 0 aliphatic heterocycles. The molecule has 2 N–H and O–H groups in total. The van der Waals surface area contributed by atoms with Crippen LogP contribution in [0.2, 0.25) is 0 Å². The second-order valence-corrected chi connectivity index (χ2v) is 5.74. The lowest BCUT2D eigenvalue weighted by atomic mass is 10.5. The Morgan fingerprint density at radius 1 is 1.56 bits per heavy atom. The maximum Gasteiger partial charge on any atom is 0.321 e. The van der Waals surface area contributed by atoms with E-state index >= 15 is 0 Å². The third kappa shape index (κ3) is 2.46. The number of carbonyl (C=O) groups is 1. The van der Waals surface area contributed by atoms with E-state index in [-0.39, 0.29) is 17.3 Å². The van der Waals surface area contributed by atoms with Crippen molar-refractivity contribution in [3.63, 3.8) is 0 Å². The summed E-state index contributed by atoms with van der Waals surface area (Å²) in [5.41, 5.74) is 5.98. The number of sulfonamides is 1. The van der Waals surface area contributed by atoms with E-state index in [0.717, 1.165) is 4.31 Å². The van der Waals surface area contributed by atoms with Gasteiger partial charge in [0.1, 0.15) is 11.4 Å². The Morgan fingerprint density at radius 3 is 2.50 bits per heavy atom. The zero-order valence-electron chi connectivity index (χ0n) is 10.7. The fourth-order valence-corrected chi connectivity index (χ4v) is 2.82. The van der Waals surface area contributed by atoms with Crippen LogP contribution in [-0.4, -0.2) is 49.2 Å². The smallest absolute Gasteiger partial charge is 0.321 e. The third-order valence-electron chi connectivity index (χ3n) is 2.55. The molecule has 0 saturated heterocycles. The Hall–Kier alpha value is -1.61. The molecule has 0 aromatic carbocycles. The van der Waals surface area contributed by atoms with Gasteiger partial charge in [-0.15, -0.1) is 0 Å². The van der Waals surface area contributed by atoms with Crippen molar-refractivity contribution in [2.45, 2.75) is 11.8 Å². The quantitative estimate of drug-likeness (QED) is 0.714. The van der Waals surface area contributed by atoms with Crippen LogP contribution in [0.4, 0.5) is 5.82 Å². The molecule has 0 atom stereocenters. The number of anilines is 1. The molecule has 0 aliphatic rings. The van der Waals surface area contributed by atoms with E-state index in [1.807, 2.05) is 0 Å². The first-order valence-corrected chi connectivity index (χ1v) is 6.48. The van der Waals surface area contributed by atoms with Gasteiger partial charge in [-0.05, 0) is 6.92 Å². The number of aromatic nitrogens is 2. The van der Waals surface area contributed by atoms with Gasteiger partial charge in [0.05, 0.1) is 12.8 Å². The SMILES string of the molecule is COC(=O)CN(C)S(=O)(=O)c1c(N)nn(C)c1C. The molecule has 18 heavy (non-hydrogen) atoms. The lowest BCUT2D eigenvalue weighted by Gasteiger charge is -2.15. The molecule has 102 valence electrons. The number of ether oxygens (including phenoxy) is 1. The van der Waals surface area contributed by atoms with Gasteiger partial charge < -0.3 is 10.5 Å². The van der Waals surface area contributed by atoms with E-state index in [4.69, 9.17) is 5.73 Å². The highest BCUT2D eigenvalue weighted by atomic mass is 32.2. The second kappa shape index (κ2) is 4.94. The summed E-state index contributed by atoms with van der Waals surface area (Å²) < 4.78 is 31.1. The molecule has 1 aromatic rings. The van der Waals surface area contributed by atoms with E-state index in [0.29, 0.717) is 5.69 Å². The van der Waals surface area contributed by atoms with E-state index in [1.54, 1.807) is 14.0 Å². The minimum atomic E-state index is -3.86. The van der Waals surface area contributed by atoms with Crippen molar-refractivity contribution in [1.29, 1.82) is 0 Å².